The summed E-state index contributed by atoms with van der Waals surface area (Å²) in [6.45, 7) is 1.24. The number of hydrogen-bond acceptors (Lipinski definition) is 4. The van der Waals surface area contributed by atoms with Gasteiger partial charge in [-0.1, -0.05) is 18.2 Å². The van der Waals surface area contributed by atoms with Gasteiger partial charge in [0.05, 0.1) is 24.7 Å². The molecule has 2 aromatic heterocycles. The number of hydrogen-bond donors (Lipinski definition) is 0. The van der Waals surface area contributed by atoms with Gasteiger partial charge in [0.25, 0.3) is 5.56 Å². The molecule has 1 amide bonds. The summed E-state index contributed by atoms with van der Waals surface area (Å²) in [6.07, 6.45) is 5.25. The molecule has 1 unspecified atom stereocenters. The van der Waals surface area contributed by atoms with Crippen LogP contribution in [0.4, 0.5) is 0 Å². The molecule has 0 N–H and O–H groups in total. The Balaban J connectivity index is 1.35. The highest BCUT2D eigenvalue weighted by atomic mass is 32.2. The highest BCUT2D eigenvalue weighted by Gasteiger charge is 2.30. The molecule has 0 saturated carbocycles. The van der Waals surface area contributed by atoms with Gasteiger partial charge >= 0.3 is 0 Å². The van der Waals surface area contributed by atoms with Crippen LogP contribution < -0.4 is 5.56 Å². The van der Waals surface area contributed by atoms with E-state index in [1.807, 2.05) is 35.8 Å². The number of benzene rings is 1. The molecule has 2 aliphatic heterocycles. The van der Waals surface area contributed by atoms with Crippen LogP contribution in [0, 0.1) is 0 Å². The first kappa shape index (κ1) is 19.4. The van der Waals surface area contributed by atoms with Crippen molar-refractivity contribution < 1.29 is 4.79 Å². The van der Waals surface area contributed by atoms with Gasteiger partial charge in [-0.05, 0) is 35.8 Å². The van der Waals surface area contributed by atoms with Crippen LogP contribution in [-0.4, -0.2) is 43.5 Å². The summed E-state index contributed by atoms with van der Waals surface area (Å²) in [5.41, 5.74) is 4.26. The van der Waals surface area contributed by atoms with Crippen molar-refractivity contribution in [2.45, 2.75) is 44.0 Å². The molecule has 156 valence electrons. The van der Waals surface area contributed by atoms with Crippen LogP contribution in [-0.2, 0) is 37.0 Å². The van der Waals surface area contributed by atoms with Crippen LogP contribution >= 0.6 is 11.8 Å². The van der Waals surface area contributed by atoms with Crippen molar-refractivity contribution in [3.05, 3.63) is 63.7 Å². The van der Waals surface area contributed by atoms with Crippen LogP contribution in [0.5, 0.6) is 0 Å². The SMILES string of the molecule is Cn1cc(CC(=O)N2CCCC2Cn2nc3c(cc2=O)CSCC3)c2ccccc21. The molecular formula is C23H26N4O2S. The smallest absolute Gasteiger partial charge is 0.267 e. The van der Waals surface area contributed by atoms with E-state index in [9.17, 15) is 9.59 Å². The van der Waals surface area contributed by atoms with Crippen molar-refractivity contribution in [1.82, 2.24) is 19.2 Å². The molecular weight excluding hydrogens is 396 g/mol. The average molecular weight is 423 g/mol. The molecule has 5 rings (SSSR count). The molecule has 7 heteroatoms. The number of fused-ring (bicyclic) bond motifs is 2. The van der Waals surface area contributed by atoms with Gasteiger partial charge in [-0.2, -0.15) is 16.9 Å². The highest BCUT2D eigenvalue weighted by molar-refractivity contribution is 7.98. The number of aryl methyl sites for hydroxylation is 2. The Morgan fingerprint density at radius 1 is 1.30 bits per heavy atom. The number of thioether (sulfide) groups is 1. The fourth-order valence-electron chi connectivity index (χ4n) is 4.77. The minimum absolute atomic E-state index is 0.0358. The summed E-state index contributed by atoms with van der Waals surface area (Å²) in [5, 5.41) is 5.78. The lowest BCUT2D eigenvalue weighted by Gasteiger charge is -2.25. The number of rotatable bonds is 4. The van der Waals surface area contributed by atoms with E-state index in [4.69, 9.17) is 0 Å². The first-order chi connectivity index (χ1) is 14.6. The molecule has 1 saturated heterocycles. The van der Waals surface area contributed by atoms with Gasteiger partial charge in [0, 0.05) is 48.9 Å². The minimum Gasteiger partial charge on any atom is -0.350 e. The van der Waals surface area contributed by atoms with E-state index >= 15 is 0 Å². The number of carbonyl (C=O) groups excluding carboxylic acids is 1. The third-order valence-electron chi connectivity index (χ3n) is 6.31. The third kappa shape index (κ3) is 3.55. The van der Waals surface area contributed by atoms with E-state index in [2.05, 4.69) is 28.0 Å². The molecule has 6 nitrogen and oxygen atoms in total. The largest absolute Gasteiger partial charge is 0.350 e. The zero-order valence-electron chi connectivity index (χ0n) is 17.2. The second-order valence-electron chi connectivity index (χ2n) is 8.28. The lowest BCUT2D eigenvalue weighted by atomic mass is 10.1. The van der Waals surface area contributed by atoms with E-state index in [1.54, 1.807) is 10.7 Å². The van der Waals surface area contributed by atoms with Crippen molar-refractivity contribution in [2.75, 3.05) is 12.3 Å². The van der Waals surface area contributed by atoms with Crippen LogP contribution in [0.25, 0.3) is 10.9 Å². The number of likely N-dealkylation sites (tertiary alicyclic amines) is 1. The number of amides is 1. The normalized spacial score (nSPS) is 18.7. The monoisotopic (exact) mass is 422 g/mol. The van der Waals surface area contributed by atoms with E-state index in [1.165, 1.54) is 0 Å². The van der Waals surface area contributed by atoms with Gasteiger partial charge < -0.3 is 9.47 Å². The van der Waals surface area contributed by atoms with Crippen molar-refractivity contribution in [3.8, 4) is 0 Å². The maximum Gasteiger partial charge on any atom is 0.267 e. The fourth-order valence-corrected chi connectivity index (χ4v) is 5.72. The molecule has 0 aliphatic carbocycles. The lowest BCUT2D eigenvalue weighted by Crippen LogP contribution is -2.41. The van der Waals surface area contributed by atoms with Gasteiger partial charge in [0.15, 0.2) is 0 Å². The first-order valence-corrected chi connectivity index (χ1v) is 11.8. The number of para-hydroxylation sites is 1. The average Bonchev–Trinajstić information content (AvgIpc) is 3.33. The second-order valence-corrected chi connectivity index (χ2v) is 9.39. The molecule has 1 aromatic carbocycles. The standard InChI is InChI=1S/C23H26N4O2S/c1-25-13-16(19-6-2-3-7-21(19)25)11-22(28)26-9-4-5-18(26)14-27-23(29)12-17-15-30-10-8-20(17)24-27/h2-3,6-7,12-13,18H,4-5,8-11,14-15H2,1H3. The van der Waals surface area contributed by atoms with Crippen molar-refractivity contribution in [2.24, 2.45) is 7.05 Å². The zero-order chi connectivity index (χ0) is 20.7. The van der Waals surface area contributed by atoms with Crippen LogP contribution in [0.2, 0.25) is 0 Å². The van der Waals surface area contributed by atoms with Crippen molar-refractivity contribution in [1.29, 1.82) is 0 Å². The molecule has 1 atom stereocenters. The van der Waals surface area contributed by atoms with E-state index in [0.29, 0.717) is 13.0 Å². The quantitative estimate of drug-likeness (QED) is 0.649. The van der Waals surface area contributed by atoms with E-state index in [-0.39, 0.29) is 17.5 Å². The third-order valence-corrected chi connectivity index (χ3v) is 7.32. The predicted octanol–water partition coefficient (Wildman–Crippen LogP) is 2.76. The van der Waals surface area contributed by atoms with Crippen molar-refractivity contribution in [3.63, 3.8) is 0 Å². The Bertz CT molecular complexity index is 1170. The van der Waals surface area contributed by atoms with Crippen LogP contribution in [0.3, 0.4) is 0 Å². The zero-order valence-corrected chi connectivity index (χ0v) is 18.0. The van der Waals surface area contributed by atoms with Gasteiger partial charge in [-0.25, -0.2) is 4.68 Å². The van der Waals surface area contributed by atoms with E-state index in [0.717, 1.165) is 65.0 Å². The number of aromatic nitrogens is 3. The maximum atomic E-state index is 13.2. The van der Waals surface area contributed by atoms with Gasteiger partial charge in [-0.15, -0.1) is 0 Å². The summed E-state index contributed by atoms with van der Waals surface area (Å²) in [6, 6.07) is 9.97. The van der Waals surface area contributed by atoms with E-state index < -0.39 is 0 Å². The Hall–Kier alpha value is -2.54. The molecule has 0 spiro atoms. The van der Waals surface area contributed by atoms with Crippen LogP contribution in [0.15, 0.2) is 41.3 Å². The maximum absolute atomic E-state index is 13.2. The summed E-state index contributed by atoms with van der Waals surface area (Å²) < 4.78 is 3.66. The fraction of sp³-hybridized carbons (Fsp3) is 0.435. The van der Waals surface area contributed by atoms with Crippen molar-refractivity contribution >= 4 is 28.6 Å². The summed E-state index contributed by atoms with van der Waals surface area (Å²) in [4.78, 5) is 27.7. The molecule has 2 aliphatic rings. The summed E-state index contributed by atoms with van der Waals surface area (Å²) in [5.74, 6) is 2.06. The van der Waals surface area contributed by atoms with Gasteiger partial charge in [-0.3, -0.25) is 9.59 Å². The Morgan fingerprint density at radius 2 is 2.17 bits per heavy atom. The number of nitrogens with zero attached hydrogens (tertiary/aromatic N) is 4. The molecule has 1 fully saturated rings. The minimum atomic E-state index is -0.0513. The second kappa shape index (κ2) is 7.95. The predicted molar refractivity (Wildman–Crippen MR) is 120 cm³/mol. The Morgan fingerprint density at radius 3 is 3.07 bits per heavy atom. The van der Waals surface area contributed by atoms with Gasteiger partial charge in [0.2, 0.25) is 5.91 Å². The summed E-state index contributed by atoms with van der Waals surface area (Å²) >= 11 is 1.85. The molecule has 3 aromatic rings. The first-order valence-electron chi connectivity index (χ1n) is 10.6. The molecule has 30 heavy (non-hydrogen) atoms. The Kier molecular flexibility index (Phi) is 5.15. The topological polar surface area (TPSA) is 60.1 Å². The molecule has 4 heterocycles. The highest BCUT2D eigenvalue weighted by Crippen LogP contribution is 2.25. The lowest BCUT2D eigenvalue weighted by molar-refractivity contribution is -0.131. The van der Waals surface area contributed by atoms with Gasteiger partial charge in [0.1, 0.15) is 0 Å². The van der Waals surface area contributed by atoms with Crippen LogP contribution in [0.1, 0.15) is 29.7 Å². The summed E-state index contributed by atoms with van der Waals surface area (Å²) in [7, 11) is 2.02. The number of carbonyl (C=O) groups is 1. The Labute approximate surface area is 179 Å². The molecule has 0 radical (unpaired) electrons. The molecule has 0 bridgehead atoms.